The SMILES string of the molecule is CN1CCC[C@@H](Nc2cc3c(nn2)-c2c(O)cc(C(F)(F)F)cc2CCCC3)C1. The summed E-state index contributed by atoms with van der Waals surface area (Å²) in [5.41, 5.74) is 1.41. The van der Waals surface area contributed by atoms with Crippen molar-refractivity contribution >= 4 is 5.82 Å². The van der Waals surface area contributed by atoms with Gasteiger partial charge in [-0.2, -0.15) is 13.2 Å². The molecular weight excluding hydrogens is 381 g/mol. The van der Waals surface area contributed by atoms with Crippen LogP contribution in [0.4, 0.5) is 19.0 Å². The van der Waals surface area contributed by atoms with Crippen LogP contribution in [0, 0.1) is 0 Å². The fourth-order valence-corrected chi connectivity index (χ4v) is 4.35. The zero-order valence-corrected chi connectivity index (χ0v) is 16.4. The minimum atomic E-state index is -4.50. The molecule has 5 nitrogen and oxygen atoms in total. The lowest BCUT2D eigenvalue weighted by Crippen LogP contribution is -2.40. The van der Waals surface area contributed by atoms with Gasteiger partial charge in [0.2, 0.25) is 0 Å². The van der Waals surface area contributed by atoms with E-state index in [9.17, 15) is 18.3 Å². The highest BCUT2D eigenvalue weighted by Crippen LogP contribution is 2.41. The second kappa shape index (κ2) is 7.82. The van der Waals surface area contributed by atoms with E-state index in [-0.39, 0.29) is 5.75 Å². The smallest absolute Gasteiger partial charge is 0.416 e. The highest BCUT2D eigenvalue weighted by atomic mass is 19.4. The lowest BCUT2D eigenvalue weighted by Gasteiger charge is -2.30. The van der Waals surface area contributed by atoms with Crippen LogP contribution in [-0.2, 0) is 19.0 Å². The third-order valence-electron chi connectivity index (χ3n) is 5.75. The second-order valence-corrected chi connectivity index (χ2v) is 8.08. The van der Waals surface area contributed by atoms with Crippen LogP contribution < -0.4 is 5.32 Å². The van der Waals surface area contributed by atoms with Crippen LogP contribution in [0.15, 0.2) is 18.2 Å². The summed E-state index contributed by atoms with van der Waals surface area (Å²) in [6.45, 7) is 2.02. The van der Waals surface area contributed by atoms with Gasteiger partial charge in [-0.25, -0.2) is 0 Å². The van der Waals surface area contributed by atoms with Gasteiger partial charge in [-0.05, 0) is 81.4 Å². The number of aromatic nitrogens is 2. The molecule has 1 atom stereocenters. The first-order chi connectivity index (χ1) is 13.8. The average molecular weight is 406 g/mol. The highest BCUT2D eigenvalue weighted by Gasteiger charge is 2.33. The van der Waals surface area contributed by atoms with Gasteiger partial charge in [-0.3, -0.25) is 0 Å². The quantitative estimate of drug-likeness (QED) is 0.781. The van der Waals surface area contributed by atoms with Crippen molar-refractivity contribution in [2.24, 2.45) is 0 Å². The van der Waals surface area contributed by atoms with Gasteiger partial charge >= 0.3 is 6.18 Å². The van der Waals surface area contributed by atoms with E-state index in [4.69, 9.17) is 0 Å². The van der Waals surface area contributed by atoms with Gasteiger partial charge in [0.15, 0.2) is 0 Å². The number of aromatic hydroxyl groups is 1. The van der Waals surface area contributed by atoms with Crippen molar-refractivity contribution in [3.8, 4) is 17.0 Å². The zero-order valence-electron chi connectivity index (χ0n) is 16.4. The number of likely N-dealkylation sites (N-methyl/N-ethyl adjacent to an activating group) is 1. The molecule has 1 aliphatic carbocycles. The minimum Gasteiger partial charge on any atom is -0.507 e. The Bertz CT molecular complexity index is 900. The Morgan fingerprint density at radius 2 is 1.83 bits per heavy atom. The van der Waals surface area contributed by atoms with Crippen molar-refractivity contribution < 1.29 is 18.3 Å². The molecule has 0 bridgehead atoms. The topological polar surface area (TPSA) is 61.3 Å². The van der Waals surface area contributed by atoms with Crippen molar-refractivity contribution in [2.75, 3.05) is 25.5 Å². The van der Waals surface area contributed by atoms with Crippen LogP contribution in [0.25, 0.3) is 11.3 Å². The number of fused-ring (bicyclic) bond motifs is 3. The molecule has 2 N–H and O–H groups in total. The zero-order chi connectivity index (χ0) is 20.6. The van der Waals surface area contributed by atoms with Gasteiger partial charge in [0.05, 0.1) is 5.56 Å². The van der Waals surface area contributed by atoms with Crippen molar-refractivity contribution in [3.63, 3.8) is 0 Å². The normalized spacial score (nSPS) is 20.3. The average Bonchev–Trinajstić information content (AvgIpc) is 2.63. The van der Waals surface area contributed by atoms with Gasteiger partial charge in [0.1, 0.15) is 17.3 Å². The molecule has 1 aromatic carbocycles. The number of nitrogens with zero attached hydrogens (tertiary/aromatic N) is 3. The number of anilines is 1. The summed E-state index contributed by atoms with van der Waals surface area (Å²) in [6.07, 6.45) is 0.519. The number of hydrogen-bond acceptors (Lipinski definition) is 5. The maximum atomic E-state index is 13.2. The van der Waals surface area contributed by atoms with Crippen LogP contribution >= 0.6 is 0 Å². The summed E-state index contributed by atoms with van der Waals surface area (Å²) in [4.78, 5) is 2.27. The van der Waals surface area contributed by atoms with Crippen molar-refractivity contribution in [1.82, 2.24) is 15.1 Å². The number of alkyl halides is 3. The summed E-state index contributed by atoms with van der Waals surface area (Å²) >= 11 is 0. The van der Waals surface area contributed by atoms with E-state index in [0.29, 0.717) is 35.1 Å². The lowest BCUT2D eigenvalue weighted by atomic mass is 9.89. The predicted octanol–water partition coefficient (Wildman–Crippen LogP) is 4.25. The molecule has 0 radical (unpaired) electrons. The lowest BCUT2D eigenvalue weighted by molar-refractivity contribution is -0.137. The number of piperidine rings is 1. The summed E-state index contributed by atoms with van der Waals surface area (Å²) < 4.78 is 39.5. The molecule has 2 aromatic rings. The van der Waals surface area contributed by atoms with Crippen LogP contribution in [0.1, 0.15) is 42.4 Å². The van der Waals surface area contributed by atoms with E-state index < -0.39 is 11.7 Å². The number of halogens is 3. The number of hydrogen-bond donors (Lipinski definition) is 2. The molecule has 156 valence electrons. The Labute approximate surface area is 167 Å². The molecule has 8 heteroatoms. The van der Waals surface area contributed by atoms with Crippen LogP contribution in [0.3, 0.4) is 0 Å². The number of phenolic OH excluding ortho intramolecular Hbond substituents is 1. The third kappa shape index (κ3) is 4.32. The Hall–Kier alpha value is -2.35. The molecule has 2 aliphatic rings. The number of aryl methyl sites for hydroxylation is 2. The maximum absolute atomic E-state index is 13.2. The molecule has 29 heavy (non-hydrogen) atoms. The fourth-order valence-electron chi connectivity index (χ4n) is 4.35. The molecule has 1 saturated heterocycles. The van der Waals surface area contributed by atoms with Crippen LogP contribution in [-0.4, -0.2) is 46.4 Å². The Morgan fingerprint density at radius 1 is 1.07 bits per heavy atom. The van der Waals surface area contributed by atoms with E-state index in [2.05, 4.69) is 27.5 Å². The van der Waals surface area contributed by atoms with Gasteiger partial charge in [-0.15, -0.1) is 10.2 Å². The number of nitrogens with one attached hydrogen (secondary N) is 1. The number of rotatable bonds is 2. The largest absolute Gasteiger partial charge is 0.507 e. The molecule has 0 amide bonds. The highest BCUT2D eigenvalue weighted by molar-refractivity contribution is 5.75. The second-order valence-electron chi connectivity index (χ2n) is 8.08. The minimum absolute atomic E-state index is 0.296. The van der Waals surface area contributed by atoms with Crippen LogP contribution in [0.2, 0.25) is 0 Å². The Balaban J connectivity index is 1.69. The first-order valence-corrected chi connectivity index (χ1v) is 10.1. The van der Waals surface area contributed by atoms with Crippen molar-refractivity contribution in [3.05, 3.63) is 34.9 Å². The summed E-state index contributed by atoms with van der Waals surface area (Å²) in [6, 6.07) is 4.15. The Morgan fingerprint density at radius 3 is 2.55 bits per heavy atom. The van der Waals surface area contributed by atoms with E-state index in [0.717, 1.165) is 62.9 Å². The molecule has 1 aromatic heterocycles. The molecule has 1 aliphatic heterocycles. The monoisotopic (exact) mass is 406 g/mol. The van der Waals surface area contributed by atoms with Crippen LogP contribution in [0.5, 0.6) is 5.75 Å². The van der Waals surface area contributed by atoms with E-state index in [1.54, 1.807) is 0 Å². The fraction of sp³-hybridized carbons (Fsp3) is 0.524. The van der Waals surface area contributed by atoms with Gasteiger partial charge in [0, 0.05) is 18.2 Å². The van der Waals surface area contributed by atoms with Crippen molar-refractivity contribution in [1.29, 1.82) is 0 Å². The summed E-state index contributed by atoms with van der Waals surface area (Å²) in [7, 11) is 2.09. The molecule has 1 fully saturated rings. The van der Waals surface area contributed by atoms with E-state index in [1.807, 2.05) is 6.07 Å². The molecule has 0 saturated carbocycles. The Kier molecular flexibility index (Phi) is 5.38. The van der Waals surface area contributed by atoms with Gasteiger partial charge in [-0.1, -0.05) is 0 Å². The number of likely N-dealkylation sites (tertiary alicyclic amines) is 1. The predicted molar refractivity (Wildman–Crippen MR) is 105 cm³/mol. The van der Waals surface area contributed by atoms with Crippen molar-refractivity contribution in [2.45, 2.75) is 50.7 Å². The molecular formula is C21H25F3N4O. The standard InChI is InChI=1S/C21H25F3N4O/c1-28-8-4-7-16(12-28)25-18-10-14-6-3-2-5-13-9-15(21(22,23)24)11-17(29)19(13)20(14)27-26-18/h9-11,16,29H,2-8,12H2,1H3,(H,25,26)/t16-/m1/s1. The summed E-state index contributed by atoms with van der Waals surface area (Å²) in [5.74, 6) is 0.291. The van der Waals surface area contributed by atoms with Gasteiger partial charge in [0.25, 0.3) is 0 Å². The van der Waals surface area contributed by atoms with Gasteiger partial charge < -0.3 is 15.3 Å². The van der Waals surface area contributed by atoms with E-state index in [1.165, 1.54) is 0 Å². The third-order valence-corrected chi connectivity index (χ3v) is 5.75. The maximum Gasteiger partial charge on any atom is 0.416 e. The molecule has 0 unspecified atom stereocenters. The molecule has 4 rings (SSSR count). The molecule has 2 heterocycles. The molecule has 0 spiro atoms. The first kappa shape index (κ1) is 19.9. The first-order valence-electron chi connectivity index (χ1n) is 10.1. The number of phenols is 1. The summed E-state index contributed by atoms with van der Waals surface area (Å²) in [5, 5.41) is 22.5. The van der Waals surface area contributed by atoms with E-state index >= 15 is 0 Å². The number of benzene rings is 1.